The molecule has 0 aliphatic heterocycles. The van der Waals surface area contributed by atoms with Crippen molar-refractivity contribution in [3.63, 3.8) is 0 Å². The molecule has 0 fully saturated rings. The first-order valence-corrected chi connectivity index (χ1v) is 4.06. The first-order chi connectivity index (χ1) is 6.69. The predicted molar refractivity (Wildman–Crippen MR) is 47.8 cm³/mol. The van der Waals surface area contributed by atoms with Gasteiger partial charge in [-0.25, -0.2) is 8.78 Å². The van der Waals surface area contributed by atoms with Gasteiger partial charge in [-0.15, -0.1) is 0 Å². The molecule has 0 radical (unpaired) electrons. The molecule has 0 aromatic heterocycles. The quantitative estimate of drug-likeness (QED) is 0.697. The van der Waals surface area contributed by atoms with Gasteiger partial charge in [-0.05, 0) is 17.7 Å². The molecule has 1 rings (SSSR count). The van der Waals surface area contributed by atoms with Crippen molar-refractivity contribution in [2.45, 2.75) is 12.3 Å². The van der Waals surface area contributed by atoms with Gasteiger partial charge in [-0.3, -0.25) is 0 Å². The van der Waals surface area contributed by atoms with Gasteiger partial charge in [0, 0.05) is 0 Å². The van der Waals surface area contributed by atoms with E-state index in [1.165, 1.54) is 19.2 Å². The topological polar surface area (TPSA) is 26.3 Å². The smallest absolute Gasteiger partial charge is 0.252 e. The molecular formula is C10H10F2O2. The molecule has 1 aromatic carbocycles. The number of benzene rings is 1. The van der Waals surface area contributed by atoms with Crippen LogP contribution in [0.5, 0.6) is 5.75 Å². The number of ether oxygens (including phenoxy) is 1. The van der Waals surface area contributed by atoms with Crippen LogP contribution in [-0.2, 0) is 4.79 Å². The Bertz CT molecular complexity index is 313. The van der Waals surface area contributed by atoms with E-state index in [-0.39, 0.29) is 11.8 Å². The lowest BCUT2D eigenvalue weighted by atomic mass is 10.0. The fourth-order valence-corrected chi connectivity index (χ4v) is 1.13. The fourth-order valence-electron chi connectivity index (χ4n) is 1.13. The van der Waals surface area contributed by atoms with Crippen LogP contribution in [0.15, 0.2) is 24.3 Å². The van der Waals surface area contributed by atoms with Crippen LogP contribution >= 0.6 is 0 Å². The number of halogens is 2. The molecule has 0 N–H and O–H groups in total. The van der Waals surface area contributed by atoms with E-state index in [1.807, 2.05) is 0 Å². The van der Waals surface area contributed by atoms with E-state index in [9.17, 15) is 13.6 Å². The molecule has 0 saturated carbocycles. The molecule has 1 atom stereocenters. The average Bonchev–Trinajstić information content (AvgIpc) is 2.19. The van der Waals surface area contributed by atoms with Crippen LogP contribution in [-0.4, -0.2) is 19.8 Å². The Morgan fingerprint density at radius 2 is 2.14 bits per heavy atom. The Kier molecular flexibility index (Phi) is 3.56. The molecule has 14 heavy (non-hydrogen) atoms. The number of carbonyl (C=O) groups excluding carboxylic acids is 1. The lowest BCUT2D eigenvalue weighted by Crippen LogP contribution is -2.10. The molecule has 0 bridgehead atoms. The Balaban J connectivity index is 2.98. The third-order valence-electron chi connectivity index (χ3n) is 1.90. The first-order valence-electron chi connectivity index (χ1n) is 4.06. The molecule has 76 valence electrons. The van der Waals surface area contributed by atoms with Gasteiger partial charge in [0.05, 0.1) is 7.11 Å². The van der Waals surface area contributed by atoms with Crippen molar-refractivity contribution in [1.29, 1.82) is 0 Å². The van der Waals surface area contributed by atoms with Crippen molar-refractivity contribution >= 4 is 6.29 Å². The molecule has 0 saturated heterocycles. The maximum Gasteiger partial charge on any atom is 0.252 e. The number of alkyl halides is 2. The minimum Gasteiger partial charge on any atom is -0.497 e. The summed E-state index contributed by atoms with van der Waals surface area (Å²) in [5, 5.41) is 0. The standard InChI is InChI=1S/C10H10F2O2/c1-14-8-4-2-3-7(5-8)9(6-13)10(11)12/h2-6,9-10H,1H3. The monoisotopic (exact) mass is 200 g/mol. The number of methoxy groups -OCH3 is 1. The summed E-state index contributed by atoms with van der Waals surface area (Å²) >= 11 is 0. The maximum atomic E-state index is 12.3. The Hall–Kier alpha value is -1.45. The van der Waals surface area contributed by atoms with Crippen LogP contribution in [0.4, 0.5) is 8.78 Å². The molecule has 0 spiro atoms. The van der Waals surface area contributed by atoms with E-state index in [1.54, 1.807) is 12.1 Å². The van der Waals surface area contributed by atoms with Crippen molar-refractivity contribution in [3.05, 3.63) is 29.8 Å². The molecule has 1 aromatic rings. The van der Waals surface area contributed by atoms with Gasteiger partial charge < -0.3 is 9.53 Å². The molecule has 4 heteroatoms. The minimum absolute atomic E-state index is 0.249. The van der Waals surface area contributed by atoms with Gasteiger partial charge >= 0.3 is 0 Å². The van der Waals surface area contributed by atoms with Crippen molar-refractivity contribution in [3.8, 4) is 5.75 Å². The Morgan fingerprint density at radius 1 is 1.43 bits per heavy atom. The van der Waals surface area contributed by atoms with Gasteiger partial charge in [-0.1, -0.05) is 12.1 Å². The van der Waals surface area contributed by atoms with Crippen LogP contribution in [0.2, 0.25) is 0 Å². The second kappa shape index (κ2) is 4.69. The molecule has 0 heterocycles. The average molecular weight is 200 g/mol. The summed E-state index contributed by atoms with van der Waals surface area (Å²) < 4.78 is 29.6. The Morgan fingerprint density at radius 3 is 2.64 bits per heavy atom. The number of carbonyl (C=O) groups is 1. The van der Waals surface area contributed by atoms with Crippen molar-refractivity contribution in [2.75, 3.05) is 7.11 Å². The van der Waals surface area contributed by atoms with E-state index in [0.29, 0.717) is 5.75 Å². The van der Waals surface area contributed by atoms with E-state index < -0.39 is 12.3 Å². The number of hydrogen-bond acceptors (Lipinski definition) is 2. The van der Waals surface area contributed by atoms with Crippen LogP contribution in [0.1, 0.15) is 11.5 Å². The second-order valence-electron chi connectivity index (χ2n) is 2.77. The zero-order valence-corrected chi connectivity index (χ0v) is 7.61. The zero-order chi connectivity index (χ0) is 10.6. The number of hydrogen-bond donors (Lipinski definition) is 0. The summed E-state index contributed by atoms with van der Waals surface area (Å²) in [6, 6.07) is 6.13. The molecule has 1 unspecified atom stereocenters. The van der Waals surface area contributed by atoms with Gasteiger partial charge in [0.1, 0.15) is 18.0 Å². The fraction of sp³-hybridized carbons (Fsp3) is 0.300. The van der Waals surface area contributed by atoms with Crippen molar-refractivity contribution in [1.82, 2.24) is 0 Å². The molecule has 2 nitrogen and oxygen atoms in total. The van der Waals surface area contributed by atoms with Crippen LogP contribution in [0.3, 0.4) is 0 Å². The van der Waals surface area contributed by atoms with Crippen molar-refractivity contribution in [2.24, 2.45) is 0 Å². The van der Waals surface area contributed by atoms with E-state index >= 15 is 0 Å². The summed E-state index contributed by atoms with van der Waals surface area (Å²) in [6.07, 6.45) is -2.43. The highest BCUT2D eigenvalue weighted by Gasteiger charge is 2.21. The largest absolute Gasteiger partial charge is 0.497 e. The molecular weight excluding hydrogens is 190 g/mol. The third kappa shape index (κ3) is 2.28. The van der Waals surface area contributed by atoms with Crippen molar-refractivity contribution < 1.29 is 18.3 Å². The minimum atomic E-state index is -2.68. The lowest BCUT2D eigenvalue weighted by molar-refractivity contribution is -0.111. The third-order valence-corrected chi connectivity index (χ3v) is 1.90. The van der Waals surface area contributed by atoms with Gasteiger partial charge in [0.2, 0.25) is 0 Å². The normalized spacial score (nSPS) is 12.6. The summed E-state index contributed by atoms with van der Waals surface area (Å²) in [6.45, 7) is 0. The number of rotatable bonds is 4. The van der Waals surface area contributed by atoms with Gasteiger partial charge in [0.25, 0.3) is 6.43 Å². The van der Waals surface area contributed by atoms with Crippen LogP contribution in [0.25, 0.3) is 0 Å². The highest BCUT2D eigenvalue weighted by Crippen LogP contribution is 2.24. The first kappa shape index (κ1) is 10.6. The van der Waals surface area contributed by atoms with E-state index in [0.717, 1.165) is 0 Å². The Labute approximate surface area is 80.5 Å². The van der Waals surface area contributed by atoms with Crippen LogP contribution in [0, 0.1) is 0 Å². The van der Waals surface area contributed by atoms with Gasteiger partial charge in [0.15, 0.2) is 0 Å². The SMILES string of the molecule is COc1cccc(C(C=O)C(F)F)c1. The van der Waals surface area contributed by atoms with E-state index in [4.69, 9.17) is 4.74 Å². The summed E-state index contributed by atoms with van der Waals surface area (Å²) in [5.74, 6) is -0.903. The van der Waals surface area contributed by atoms with E-state index in [2.05, 4.69) is 0 Å². The highest BCUT2D eigenvalue weighted by atomic mass is 19.3. The lowest BCUT2D eigenvalue weighted by Gasteiger charge is -2.10. The molecule has 0 aliphatic rings. The summed E-state index contributed by atoms with van der Waals surface area (Å²) in [4.78, 5) is 10.4. The highest BCUT2D eigenvalue weighted by molar-refractivity contribution is 5.63. The zero-order valence-electron chi connectivity index (χ0n) is 7.61. The number of aldehydes is 1. The predicted octanol–water partition coefficient (Wildman–Crippen LogP) is 2.24. The molecule has 0 aliphatic carbocycles. The van der Waals surface area contributed by atoms with Gasteiger partial charge in [-0.2, -0.15) is 0 Å². The molecule has 0 amide bonds. The maximum absolute atomic E-state index is 12.3. The summed E-state index contributed by atoms with van der Waals surface area (Å²) in [7, 11) is 1.44. The second-order valence-corrected chi connectivity index (χ2v) is 2.77. The van der Waals surface area contributed by atoms with Crippen LogP contribution < -0.4 is 4.74 Å². The summed E-state index contributed by atoms with van der Waals surface area (Å²) in [5.41, 5.74) is 0.273.